The Hall–Kier alpha value is -0.900. The Morgan fingerprint density at radius 1 is 1.15 bits per heavy atom. The smallest absolute Gasteiger partial charge is 0.0593 e. The van der Waals surface area contributed by atoms with E-state index in [2.05, 4.69) is 41.5 Å². The van der Waals surface area contributed by atoms with Gasteiger partial charge in [0.15, 0.2) is 0 Å². The van der Waals surface area contributed by atoms with Crippen LogP contribution in [0.15, 0.2) is 24.3 Å². The zero-order valence-corrected chi connectivity index (χ0v) is 12.5. The van der Waals surface area contributed by atoms with Crippen molar-refractivity contribution in [1.82, 2.24) is 10.2 Å². The van der Waals surface area contributed by atoms with Crippen LogP contribution in [0.25, 0.3) is 0 Å². The van der Waals surface area contributed by atoms with Crippen LogP contribution in [0.4, 0.5) is 0 Å². The minimum Gasteiger partial charge on any atom is -0.380 e. The average molecular weight is 274 g/mol. The fraction of sp³-hybridized carbons (Fsp3) is 0.647. The van der Waals surface area contributed by atoms with E-state index in [9.17, 15) is 0 Å². The van der Waals surface area contributed by atoms with Gasteiger partial charge in [0, 0.05) is 31.8 Å². The van der Waals surface area contributed by atoms with Gasteiger partial charge in [0.1, 0.15) is 0 Å². The molecule has 2 aliphatic rings. The highest BCUT2D eigenvalue weighted by Gasteiger charge is 2.31. The van der Waals surface area contributed by atoms with Gasteiger partial charge in [-0.15, -0.1) is 0 Å². The first-order valence-corrected chi connectivity index (χ1v) is 7.97. The molecule has 1 aromatic carbocycles. The molecule has 3 nitrogen and oxygen atoms in total. The summed E-state index contributed by atoms with van der Waals surface area (Å²) in [6.45, 7) is 4.05. The second kappa shape index (κ2) is 6.70. The van der Waals surface area contributed by atoms with E-state index in [0.29, 0.717) is 12.1 Å². The Labute approximate surface area is 122 Å². The first-order chi connectivity index (χ1) is 9.90. The monoisotopic (exact) mass is 274 g/mol. The second-order valence-corrected chi connectivity index (χ2v) is 5.93. The fourth-order valence-corrected chi connectivity index (χ4v) is 3.78. The van der Waals surface area contributed by atoms with Crippen LogP contribution in [-0.2, 0) is 11.2 Å². The lowest BCUT2D eigenvalue weighted by Crippen LogP contribution is -2.44. The van der Waals surface area contributed by atoms with E-state index in [1.54, 1.807) is 0 Å². The summed E-state index contributed by atoms with van der Waals surface area (Å²) in [7, 11) is 2.11. The number of aryl methyl sites for hydroxylation is 1. The molecular weight excluding hydrogens is 248 g/mol. The number of benzene rings is 1. The molecule has 3 heteroatoms. The molecule has 1 saturated heterocycles. The van der Waals surface area contributed by atoms with Crippen LogP contribution in [0.5, 0.6) is 0 Å². The predicted octanol–water partition coefficient (Wildman–Crippen LogP) is 2.37. The van der Waals surface area contributed by atoms with Crippen LogP contribution in [0, 0.1) is 0 Å². The lowest BCUT2D eigenvalue weighted by atomic mass is 9.95. The van der Waals surface area contributed by atoms with Gasteiger partial charge in [0.2, 0.25) is 0 Å². The SMILES string of the molecule is CNC1c2ccccc2CCCC1N1CCCOCC1. The van der Waals surface area contributed by atoms with Gasteiger partial charge in [-0.2, -0.15) is 0 Å². The van der Waals surface area contributed by atoms with Gasteiger partial charge in [-0.05, 0) is 43.9 Å². The van der Waals surface area contributed by atoms with E-state index in [-0.39, 0.29) is 0 Å². The van der Waals surface area contributed by atoms with Gasteiger partial charge in [-0.25, -0.2) is 0 Å². The first kappa shape index (κ1) is 14.1. The minimum atomic E-state index is 0.451. The van der Waals surface area contributed by atoms with Crippen molar-refractivity contribution in [2.75, 3.05) is 33.4 Å². The standard InChI is InChI=1S/C17H26N2O/c1-18-17-15-8-3-2-6-14(15)7-4-9-16(17)19-10-5-12-20-13-11-19/h2-3,6,8,16-18H,4-5,7,9-13H2,1H3. The number of fused-ring (bicyclic) bond motifs is 1. The average Bonchev–Trinajstić information content (AvgIpc) is 2.85. The van der Waals surface area contributed by atoms with Crippen molar-refractivity contribution in [3.63, 3.8) is 0 Å². The van der Waals surface area contributed by atoms with Crippen molar-refractivity contribution in [3.8, 4) is 0 Å². The Bertz CT molecular complexity index is 427. The molecule has 0 amide bonds. The summed E-state index contributed by atoms with van der Waals surface area (Å²) in [5.74, 6) is 0. The zero-order chi connectivity index (χ0) is 13.8. The molecule has 0 radical (unpaired) electrons. The van der Waals surface area contributed by atoms with Gasteiger partial charge < -0.3 is 10.1 Å². The summed E-state index contributed by atoms with van der Waals surface area (Å²) in [6.07, 6.45) is 4.95. The van der Waals surface area contributed by atoms with Gasteiger partial charge in [-0.3, -0.25) is 4.90 Å². The van der Waals surface area contributed by atoms with E-state index in [4.69, 9.17) is 4.74 Å². The van der Waals surface area contributed by atoms with E-state index >= 15 is 0 Å². The van der Waals surface area contributed by atoms with Crippen LogP contribution in [0.3, 0.4) is 0 Å². The highest BCUT2D eigenvalue weighted by atomic mass is 16.5. The van der Waals surface area contributed by atoms with Crippen molar-refractivity contribution in [1.29, 1.82) is 0 Å². The number of ether oxygens (including phenoxy) is 1. The maximum atomic E-state index is 5.62. The van der Waals surface area contributed by atoms with Crippen molar-refractivity contribution in [3.05, 3.63) is 35.4 Å². The molecule has 2 unspecified atom stereocenters. The molecular formula is C17H26N2O. The summed E-state index contributed by atoms with van der Waals surface area (Å²) in [5, 5.41) is 3.59. The van der Waals surface area contributed by atoms with E-state index in [1.165, 1.54) is 36.9 Å². The van der Waals surface area contributed by atoms with E-state index in [1.807, 2.05) is 0 Å². The minimum absolute atomic E-state index is 0.451. The first-order valence-electron chi connectivity index (χ1n) is 7.97. The van der Waals surface area contributed by atoms with Crippen LogP contribution in [-0.4, -0.2) is 44.3 Å². The number of rotatable bonds is 2. The molecule has 1 heterocycles. The third-order valence-electron chi connectivity index (χ3n) is 4.76. The number of hydrogen-bond acceptors (Lipinski definition) is 3. The van der Waals surface area contributed by atoms with Crippen LogP contribution >= 0.6 is 0 Å². The molecule has 20 heavy (non-hydrogen) atoms. The Balaban J connectivity index is 1.86. The normalized spacial score (nSPS) is 28.4. The van der Waals surface area contributed by atoms with Crippen LogP contribution in [0.1, 0.15) is 36.4 Å². The van der Waals surface area contributed by atoms with Gasteiger partial charge in [0.25, 0.3) is 0 Å². The third-order valence-corrected chi connectivity index (χ3v) is 4.76. The molecule has 110 valence electrons. The summed E-state index contributed by atoms with van der Waals surface area (Å²) in [6, 6.07) is 10.0. The Kier molecular flexibility index (Phi) is 4.71. The summed E-state index contributed by atoms with van der Waals surface area (Å²) < 4.78 is 5.62. The highest BCUT2D eigenvalue weighted by Crippen LogP contribution is 2.32. The number of likely N-dealkylation sites (N-methyl/N-ethyl adjacent to an activating group) is 1. The van der Waals surface area contributed by atoms with Crippen molar-refractivity contribution in [2.24, 2.45) is 0 Å². The molecule has 0 saturated carbocycles. The van der Waals surface area contributed by atoms with Crippen molar-refractivity contribution < 1.29 is 4.74 Å². The zero-order valence-electron chi connectivity index (χ0n) is 12.5. The molecule has 0 spiro atoms. The lowest BCUT2D eigenvalue weighted by Gasteiger charge is -2.35. The van der Waals surface area contributed by atoms with Gasteiger partial charge >= 0.3 is 0 Å². The molecule has 0 aromatic heterocycles. The molecule has 1 fully saturated rings. The Morgan fingerprint density at radius 3 is 2.95 bits per heavy atom. The summed E-state index contributed by atoms with van der Waals surface area (Å²) >= 11 is 0. The molecule has 1 aliphatic carbocycles. The highest BCUT2D eigenvalue weighted by molar-refractivity contribution is 5.32. The number of nitrogens with one attached hydrogen (secondary N) is 1. The van der Waals surface area contributed by atoms with E-state index < -0.39 is 0 Å². The second-order valence-electron chi connectivity index (χ2n) is 5.93. The third kappa shape index (κ3) is 2.90. The number of nitrogens with zero attached hydrogens (tertiary/aromatic N) is 1. The summed E-state index contributed by atoms with van der Waals surface area (Å²) in [5.41, 5.74) is 3.03. The quantitative estimate of drug-likeness (QED) is 0.838. The predicted molar refractivity (Wildman–Crippen MR) is 82.0 cm³/mol. The fourth-order valence-electron chi connectivity index (χ4n) is 3.78. The van der Waals surface area contributed by atoms with Crippen molar-refractivity contribution in [2.45, 2.75) is 37.8 Å². The Morgan fingerprint density at radius 2 is 2.05 bits per heavy atom. The van der Waals surface area contributed by atoms with Crippen molar-refractivity contribution >= 4 is 0 Å². The lowest BCUT2D eigenvalue weighted by molar-refractivity contribution is 0.119. The summed E-state index contributed by atoms with van der Waals surface area (Å²) in [4.78, 5) is 2.65. The maximum Gasteiger partial charge on any atom is 0.0593 e. The topological polar surface area (TPSA) is 24.5 Å². The molecule has 3 rings (SSSR count). The molecule has 2 atom stereocenters. The maximum absolute atomic E-state index is 5.62. The number of hydrogen-bond donors (Lipinski definition) is 1. The molecule has 0 bridgehead atoms. The molecule has 1 aliphatic heterocycles. The van der Waals surface area contributed by atoms with E-state index in [0.717, 1.165) is 26.2 Å². The largest absolute Gasteiger partial charge is 0.380 e. The van der Waals surface area contributed by atoms with Gasteiger partial charge in [0.05, 0.1) is 6.61 Å². The van der Waals surface area contributed by atoms with Crippen LogP contribution in [0.2, 0.25) is 0 Å². The molecule has 1 N–H and O–H groups in total. The molecule has 1 aromatic rings. The van der Waals surface area contributed by atoms with Gasteiger partial charge in [-0.1, -0.05) is 24.3 Å². The van der Waals surface area contributed by atoms with Crippen LogP contribution < -0.4 is 5.32 Å².